The van der Waals surface area contributed by atoms with E-state index in [1.165, 1.54) is 10.6 Å². The second-order valence-electron chi connectivity index (χ2n) is 3.71. The van der Waals surface area contributed by atoms with E-state index >= 15 is 0 Å². The number of anilines is 1. The van der Waals surface area contributed by atoms with Crippen LogP contribution < -0.4 is 5.32 Å². The van der Waals surface area contributed by atoms with Crippen LogP contribution in [-0.4, -0.2) is 11.3 Å². The highest BCUT2D eigenvalue weighted by molar-refractivity contribution is 8.00. The Morgan fingerprint density at radius 1 is 1.33 bits per heavy atom. The number of thioether (sulfide) groups is 1. The lowest BCUT2D eigenvalue weighted by Crippen LogP contribution is -2.29. The van der Waals surface area contributed by atoms with Crippen molar-refractivity contribution in [3.05, 3.63) is 24.3 Å². The zero-order chi connectivity index (χ0) is 8.60. The molecule has 0 amide bonds. The standard InChI is InChI=1S/C10H13NS/c1-10(2)7-11-8-5-3-4-6-9(8)12-10/h3-6,11H,7H2,1-2H3. The zero-order valence-corrected chi connectivity index (χ0v) is 8.24. The maximum Gasteiger partial charge on any atom is 0.0479 e. The molecule has 2 rings (SSSR count). The Morgan fingerprint density at radius 2 is 2.08 bits per heavy atom. The van der Waals surface area contributed by atoms with Crippen LogP contribution in [0.5, 0.6) is 0 Å². The van der Waals surface area contributed by atoms with Crippen LogP contribution in [0.15, 0.2) is 29.2 Å². The summed E-state index contributed by atoms with van der Waals surface area (Å²) < 4.78 is 0.328. The van der Waals surface area contributed by atoms with Gasteiger partial charge in [0.15, 0.2) is 0 Å². The topological polar surface area (TPSA) is 12.0 Å². The van der Waals surface area contributed by atoms with Gasteiger partial charge in [-0.2, -0.15) is 0 Å². The second-order valence-corrected chi connectivity index (χ2v) is 5.46. The first-order chi connectivity index (χ1) is 5.67. The maximum atomic E-state index is 3.43. The lowest BCUT2D eigenvalue weighted by atomic mass is 10.2. The van der Waals surface area contributed by atoms with Gasteiger partial charge in [0.2, 0.25) is 0 Å². The largest absolute Gasteiger partial charge is 0.383 e. The molecule has 0 radical (unpaired) electrons. The lowest BCUT2D eigenvalue weighted by Gasteiger charge is -2.31. The first-order valence-corrected chi connectivity index (χ1v) is 5.01. The average Bonchev–Trinajstić information content (AvgIpc) is 2.02. The van der Waals surface area contributed by atoms with Crippen LogP contribution in [-0.2, 0) is 0 Å². The number of fused-ring (bicyclic) bond motifs is 1. The number of rotatable bonds is 0. The molecule has 64 valence electrons. The molecule has 0 aromatic heterocycles. The Morgan fingerprint density at radius 3 is 2.92 bits per heavy atom. The van der Waals surface area contributed by atoms with E-state index < -0.39 is 0 Å². The molecule has 0 atom stereocenters. The summed E-state index contributed by atoms with van der Waals surface area (Å²) in [5.41, 5.74) is 1.28. The van der Waals surface area contributed by atoms with E-state index in [0.29, 0.717) is 4.75 Å². The van der Waals surface area contributed by atoms with Gasteiger partial charge in [0.05, 0.1) is 0 Å². The molecule has 0 saturated carbocycles. The van der Waals surface area contributed by atoms with Crippen LogP contribution in [0.2, 0.25) is 0 Å². The fourth-order valence-electron chi connectivity index (χ4n) is 1.34. The molecule has 0 spiro atoms. The maximum absolute atomic E-state index is 3.43. The second kappa shape index (κ2) is 2.70. The Kier molecular flexibility index (Phi) is 1.80. The number of para-hydroxylation sites is 1. The smallest absolute Gasteiger partial charge is 0.0479 e. The van der Waals surface area contributed by atoms with Gasteiger partial charge in [0, 0.05) is 21.9 Å². The van der Waals surface area contributed by atoms with Gasteiger partial charge in [-0.1, -0.05) is 12.1 Å². The molecule has 0 saturated heterocycles. The average molecular weight is 179 g/mol. The summed E-state index contributed by atoms with van der Waals surface area (Å²) in [6.45, 7) is 5.58. The zero-order valence-electron chi connectivity index (χ0n) is 7.42. The molecule has 0 bridgehead atoms. The van der Waals surface area contributed by atoms with Crippen molar-refractivity contribution >= 4 is 17.4 Å². The first kappa shape index (κ1) is 7.99. The van der Waals surface area contributed by atoms with Crippen molar-refractivity contribution in [1.82, 2.24) is 0 Å². The van der Waals surface area contributed by atoms with Crippen molar-refractivity contribution in [2.24, 2.45) is 0 Å². The van der Waals surface area contributed by atoms with E-state index in [4.69, 9.17) is 0 Å². The normalized spacial score (nSPS) is 19.5. The molecule has 1 aromatic rings. The predicted molar refractivity (Wildman–Crippen MR) is 54.9 cm³/mol. The van der Waals surface area contributed by atoms with Crippen molar-refractivity contribution < 1.29 is 0 Å². The van der Waals surface area contributed by atoms with E-state index in [0.717, 1.165) is 6.54 Å². The summed E-state index contributed by atoms with van der Waals surface area (Å²) in [6, 6.07) is 8.48. The van der Waals surface area contributed by atoms with Crippen molar-refractivity contribution in [3.8, 4) is 0 Å². The van der Waals surface area contributed by atoms with Crippen LogP contribution in [0.3, 0.4) is 0 Å². The van der Waals surface area contributed by atoms with E-state index in [1.807, 2.05) is 11.8 Å². The molecular formula is C10H13NS. The summed E-state index contributed by atoms with van der Waals surface area (Å²) in [5, 5.41) is 3.43. The van der Waals surface area contributed by atoms with Gasteiger partial charge in [-0.05, 0) is 26.0 Å². The number of hydrogen-bond acceptors (Lipinski definition) is 2. The SMILES string of the molecule is CC1(C)CNc2ccccc2S1. The molecule has 1 aliphatic rings. The Hall–Kier alpha value is -0.630. The third kappa shape index (κ3) is 1.44. The fraction of sp³-hybridized carbons (Fsp3) is 0.400. The molecule has 0 fully saturated rings. The van der Waals surface area contributed by atoms with Gasteiger partial charge in [-0.3, -0.25) is 0 Å². The van der Waals surface area contributed by atoms with Gasteiger partial charge >= 0.3 is 0 Å². The first-order valence-electron chi connectivity index (χ1n) is 4.19. The minimum atomic E-state index is 0.328. The highest BCUT2D eigenvalue weighted by Gasteiger charge is 2.24. The van der Waals surface area contributed by atoms with Crippen LogP contribution in [0.1, 0.15) is 13.8 Å². The third-order valence-corrected chi connectivity index (χ3v) is 3.25. The minimum Gasteiger partial charge on any atom is -0.383 e. The number of hydrogen-bond donors (Lipinski definition) is 1. The number of benzene rings is 1. The van der Waals surface area contributed by atoms with Gasteiger partial charge < -0.3 is 5.32 Å². The predicted octanol–water partition coefficient (Wildman–Crippen LogP) is 2.98. The van der Waals surface area contributed by atoms with Crippen LogP contribution in [0.25, 0.3) is 0 Å². The molecule has 0 unspecified atom stereocenters. The monoisotopic (exact) mass is 179 g/mol. The molecule has 1 aliphatic heterocycles. The van der Waals surface area contributed by atoms with Crippen molar-refractivity contribution in [3.63, 3.8) is 0 Å². The quantitative estimate of drug-likeness (QED) is 0.657. The highest BCUT2D eigenvalue weighted by atomic mass is 32.2. The molecule has 1 N–H and O–H groups in total. The Labute approximate surface area is 77.6 Å². The van der Waals surface area contributed by atoms with E-state index in [9.17, 15) is 0 Å². The molecule has 2 heteroatoms. The lowest BCUT2D eigenvalue weighted by molar-refractivity contribution is 0.739. The van der Waals surface area contributed by atoms with Gasteiger partial charge in [-0.15, -0.1) is 11.8 Å². The third-order valence-electron chi connectivity index (χ3n) is 1.98. The van der Waals surface area contributed by atoms with Gasteiger partial charge in [-0.25, -0.2) is 0 Å². The van der Waals surface area contributed by atoms with E-state index in [2.05, 4.69) is 43.4 Å². The summed E-state index contributed by atoms with van der Waals surface area (Å²) in [7, 11) is 0. The van der Waals surface area contributed by atoms with Crippen molar-refractivity contribution in [2.45, 2.75) is 23.5 Å². The van der Waals surface area contributed by atoms with Crippen LogP contribution in [0.4, 0.5) is 5.69 Å². The van der Waals surface area contributed by atoms with Gasteiger partial charge in [0.1, 0.15) is 0 Å². The van der Waals surface area contributed by atoms with Crippen molar-refractivity contribution in [2.75, 3.05) is 11.9 Å². The highest BCUT2D eigenvalue weighted by Crippen LogP contribution is 2.40. The molecule has 0 aliphatic carbocycles. The number of nitrogens with one attached hydrogen (secondary N) is 1. The van der Waals surface area contributed by atoms with Crippen LogP contribution in [0, 0.1) is 0 Å². The Bertz CT molecular complexity index is 294. The van der Waals surface area contributed by atoms with Gasteiger partial charge in [0.25, 0.3) is 0 Å². The summed E-state index contributed by atoms with van der Waals surface area (Å²) in [6.07, 6.45) is 0. The minimum absolute atomic E-state index is 0.328. The fourth-order valence-corrected chi connectivity index (χ4v) is 2.48. The summed E-state index contributed by atoms with van der Waals surface area (Å²) >= 11 is 1.95. The molecular weight excluding hydrogens is 166 g/mol. The van der Waals surface area contributed by atoms with E-state index in [1.54, 1.807) is 0 Å². The molecule has 12 heavy (non-hydrogen) atoms. The molecule has 1 nitrogen and oxygen atoms in total. The molecule has 1 aromatic carbocycles. The summed E-state index contributed by atoms with van der Waals surface area (Å²) in [4.78, 5) is 1.37. The summed E-state index contributed by atoms with van der Waals surface area (Å²) in [5.74, 6) is 0. The van der Waals surface area contributed by atoms with Crippen molar-refractivity contribution in [1.29, 1.82) is 0 Å². The van der Waals surface area contributed by atoms with E-state index in [-0.39, 0.29) is 0 Å². The van der Waals surface area contributed by atoms with Crippen LogP contribution >= 0.6 is 11.8 Å². The molecule has 1 heterocycles. The Balaban J connectivity index is 2.35.